The molecule has 0 bridgehead atoms. The number of halogens is 1. The molecule has 2 nitrogen and oxygen atoms in total. The molecule has 0 saturated heterocycles. The summed E-state index contributed by atoms with van der Waals surface area (Å²) in [4.78, 5) is 0. The fourth-order valence-corrected chi connectivity index (χ4v) is 1.61. The molecule has 0 heterocycles. The van der Waals surface area contributed by atoms with Crippen LogP contribution in [0.5, 0.6) is 11.5 Å². The van der Waals surface area contributed by atoms with Gasteiger partial charge < -0.3 is 9.84 Å². The minimum absolute atomic E-state index is 0.230. The third kappa shape index (κ3) is 1.77. The van der Waals surface area contributed by atoms with Crippen LogP contribution < -0.4 is 4.74 Å². The van der Waals surface area contributed by atoms with Gasteiger partial charge in [0.25, 0.3) is 0 Å². The number of aryl methyl sites for hydroxylation is 1. The van der Waals surface area contributed by atoms with Gasteiger partial charge in [-0.25, -0.2) is 0 Å². The fraction of sp³-hybridized carbons (Fsp3) is 0.250. The maximum atomic E-state index is 9.39. The van der Waals surface area contributed by atoms with E-state index in [0.29, 0.717) is 5.75 Å². The molecule has 0 aliphatic heterocycles. The van der Waals surface area contributed by atoms with Crippen molar-refractivity contribution in [1.82, 2.24) is 0 Å². The first-order valence-corrected chi connectivity index (χ1v) is 4.26. The van der Waals surface area contributed by atoms with E-state index in [-0.39, 0.29) is 5.75 Å². The summed E-state index contributed by atoms with van der Waals surface area (Å²) in [5.41, 5.74) is 0.841. The molecule has 1 aromatic carbocycles. The summed E-state index contributed by atoms with van der Waals surface area (Å²) in [6.07, 6.45) is 0. The molecule has 0 unspecified atom stereocenters. The highest BCUT2D eigenvalue weighted by Gasteiger charge is 2.04. The minimum Gasteiger partial charge on any atom is -0.504 e. The van der Waals surface area contributed by atoms with Crippen LogP contribution in [0.25, 0.3) is 0 Å². The van der Waals surface area contributed by atoms with Crippen molar-refractivity contribution in [3.05, 3.63) is 21.3 Å². The van der Waals surface area contributed by atoms with E-state index >= 15 is 0 Å². The summed E-state index contributed by atoms with van der Waals surface area (Å²) in [5, 5.41) is 9.39. The predicted molar refractivity (Wildman–Crippen MR) is 52.1 cm³/mol. The maximum Gasteiger partial charge on any atom is 0.161 e. The Hall–Kier alpha value is -0.450. The van der Waals surface area contributed by atoms with Crippen LogP contribution in [0.3, 0.4) is 0 Å². The first-order valence-electron chi connectivity index (χ1n) is 3.18. The van der Waals surface area contributed by atoms with E-state index in [4.69, 9.17) is 4.74 Å². The summed E-state index contributed by atoms with van der Waals surface area (Å²) in [6.45, 7) is 1.85. The molecule has 0 amide bonds. The second-order valence-corrected chi connectivity index (χ2v) is 3.52. The number of rotatable bonds is 1. The number of aromatic hydroxyl groups is 1. The summed E-state index contributed by atoms with van der Waals surface area (Å²) < 4.78 is 6.02. The smallest absolute Gasteiger partial charge is 0.161 e. The molecule has 1 N–H and O–H groups in total. The molecule has 0 aliphatic rings. The summed E-state index contributed by atoms with van der Waals surface area (Å²) >= 11 is 2.18. The summed E-state index contributed by atoms with van der Waals surface area (Å²) in [7, 11) is 1.55. The van der Waals surface area contributed by atoms with E-state index in [1.807, 2.05) is 13.0 Å². The van der Waals surface area contributed by atoms with E-state index in [2.05, 4.69) is 22.6 Å². The van der Waals surface area contributed by atoms with Gasteiger partial charge in [0, 0.05) is 3.57 Å². The van der Waals surface area contributed by atoms with E-state index in [9.17, 15) is 5.11 Å². The molecule has 0 atom stereocenters. The minimum atomic E-state index is 0.230. The lowest BCUT2D eigenvalue weighted by molar-refractivity contribution is 0.371. The molecule has 0 aromatic heterocycles. The Kier molecular flexibility index (Phi) is 2.59. The van der Waals surface area contributed by atoms with Crippen molar-refractivity contribution in [2.75, 3.05) is 7.11 Å². The molecule has 0 fully saturated rings. The molecule has 1 rings (SSSR count). The number of phenolic OH excluding ortho intramolecular Hbond substituents is 1. The first-order chi connectivity index (χ1) is 5.15. The third-order valence-corrected chi connectivity index (χ3v) is 2.07. The van der Waals surface area contributed by atoms with E-state index < -0.39 is 0 Å². The lowest BCUT2D eigenvalue weighted by Crippen LogP contribution is -1.86. The van der Waals surface area contributed by atoms with E-state index in [1.54, 1.807) is 13.2 Å². The van der Waals surface area contributed by atoms with Crippen molar-refractivity contribution in [2.24, 2.45) is 0 Å². The van der Waals surface area contributed by atoms with Crippen molar-refractivity contribution in [3.63, 3.8) is 0 Å². The zero-order chi connectivity index (χ0) is 8.43. The molecule has 0 radical (unpaired) electrons. The molecular formula is C8H9IO2. The number of methoxy groups -OCH3 is 1. The quantitative estimate of drug-likeness (QED) is 0.789. The van der Waals surface area contributed by atoms with Crippen LogP contribution in [0.1, 0.15) is 5.56 Å². The number of phenols is 1. The Balaban J connectivity index is 3.24. The molecule has 1 aromatic rings. The lowest BCUT2D eigenvalue weighted by atomic mass is 10.2. The lowest BCUT2D eigenvalue weighted by Gasteiger charge is -2.05. The average Bonchev–Trinajstić information content (AvgIpc) is 1.96. The zero-order valence-corrected chi connectivity index (χ0v) is 8.55. The number of ether oxygens (including phenoxy) is 1. The van der Waals surface area contributed by atoms with Crippen LogP contribution in [0, 0.1) is 10.5 Å². The molecule has 60 valence electrons. The van der Waals surface area contributed by atoms with Crippen LogP contribution in [0.2, 0.25) is 0 Å². The molecule has 0 spiro atoms. The maximum absolute atomic E-state index is 9.39. The van der Waals surface area contributed by atoms with Crippen molar-refractivity contribution in [3.8, 4) is 11.5 Å². The van der Waals surface area contributed by atoms with E-state index in [1.165, 1.54) is 0 Å². The largest absolute Gasteiger partial charge is 0.504 e. The van der Waals surface area contributed by atoms with Crippen LogP contribution in [0.15, 0.2) is 12.1 Å². The molecule has 11 heavy (non-hydrogen) atoms. The van der Waals surface area contributed by atoms with Crippen LogP contribution in [-0.2, 0) is 0 Å². The third-order valence-electron chi connectivity index (χ3n) is 1.45. The van der Waals surface area contributed by atoms with Gasteiger partial charge in [-0.3, -0.25) is 0 Å². The van der Waals surface area contributed by atoms with Gasteiger partial charge in [0.1, 0.15) is 0 Å². The number of benzene rings is 1. The summed E-state index contributed by atoms with van der Waals surface area (Å²) in [5.74, 6) is 0.766. The van der Waals surface area contributed by atoms with Gasteiger partial charge in [-0.1, -0.05) is 0 Å². The Bertz CT molecular complexity index is 271. The predicted octanol–water partition coefficient (Wildman–Crippen LogP) is 2.31. The van der Waals surface area contributed by atoms with Crippen molar-refractivity contribution >= 4 is 22.6 Å². The van der Waals surface area contributed by atoms with Crippen LogP contribution in [0.4, 0.5) is 0 Å². The van der Waals surface area contributed by atoms with Crippen molar-refractivity contribution < 1.29 is 9.84 Å². The first kappa shape index (κ1) is 8.64. The number of hydrogen-bond donors (Lipinski definition) is 1. The van der Waals surface area contributed by atoms with Gasteiger partial charge in [-0.2, -0.15) is 0 Å². The molecule has 0 saturated carbocycles. The zero-order valence-electron chi connectivity index (χ0n) is 6.39. The van der Waals surface area contributed by atoms with Gasteiger partial charge in [0.15, 0.2) is 11.5 Å². The highest BCUT2D eigenvalue weighted by atomic mass is 127. The second kappa shape index (κ2) is 3.30. The van der Waals surface area contributed by atoms with Crippen LogP contribution in [-0.4, -0.2) is 12.2 Å². The Morgan fingerprint density at radius 1 is 1.45 bits per heavy atom. The normalized spacial score (nSPS) is 9.73. The summed E-state index contributed by atoms with van der Waals surface area (Å²) in [6, 6.07) is 3.70. The molecular weight excluding hydrogens is 255 g/mol. The van der Waals surface area contributed by atoms with Gasteiger partial charge in [0.2, 0.25) is 0 Å². The monoisotopic (exact) mass is 264 g/mol. The second-order valence-electron chi connectivity index (χ2n) is 2.27. The highest BCUT2D eigenvalue weighted by molar-refractivity contribution is 14.1. The Labute approximate surface area is 79.3 Å². The SMILES string of the molecule is COc1cc(I)cc(C)c1O. The number of hydrogen-bond acceptors (Lipinski definition) is 2. The van der Waals surface area contributed by atoms with Gasteiger partial charge in [-0.05, 0) is 47.2 Å². The highest BCUT2D eigenvalue weighted by Crippen LogP contribution is 2.30. The Morgan fingerprint density at radius 3 is 2.64 bits per heavy atom. The van der Waals surface area contributed by atoms with E-state index in [0.717, 1.165) is 9.13 Å². The Morgan fingerprint density at radius 2 is 2.09 bits per heavy atom. The fourth-order valence-electron chi connectivity index (χ4n) is 0.860. The topological polar surface area (TPSA) is 29.5 Å². The van der Waals surface area contributed by atoms with Gasteiger partial charge in [-0.15, -0.1) is 0 Å². The van der Waals surface area contributed by atoms with Gasteiger partial charge >= 0.3 is 0 Å². The molecule has 0 aliphatic carbocycles. The van der Waals surface area contributed by atoms with Gasteiger partial charge in [0.05, 0.1) is 7.11 Å². The average molecular weight is 264 g/mol. The standard InChI is InChI=1S/C8H9IO2/c1-5-3-6(9)4-7(11-2)8(5)10/h3-4,10H,1-2H3. The van der Waals surface area contributed by atoms with Crippen molar-refractivity contribution in [1.29, 1.82) is 0 Å². The van der Waals surface area contributed by atoms with Crippen LogP contribution >= 0.6 is 22.6 Å². The molecule has 3 heteroatoms. The van der Waals surface area contributed by atoms with Crippen molar-refractivity contribution in [2.45, 2.75) is 6.92 Å².